The van der Waals surface area contributed by atoms with E-state index in [1.165, 1.54) is 12.8 Å². The van der Waals surface area contributed by atoms with E-state index in [-0.39, 0.29) is 0 Å². The van der Waals surface area contributed by atoms with Gasteiger partial charge in [-0.15, -0.1) is 0 Å². The quantitative estimate of drug-likeness (QED) is 0.910. The van der Waals surface area contributed by atoms with Gasteiger partial charge in [0.15, 0.2) is 5.82 Å². The largest absolute Gasteiger partial charge is 0.496 e. The smallest absolute Gasteiger partial charge is 0.184 e. The maximum atomic E-state index is 5.98. The minimum atomic E-state index is 0.557. The summed E-state index contributed by atoms with van der Waals surface area (Å²) in [6, 6.07) is 5.43. The minimum absolute atomic E-state index is 0.557. The molecule has 0 spiro atoms. The number of methoxy groups -OCH3 is 1. The number of aromatic nitrogens is 3. The molecule has 0 atom stereocenters. The van der Waals surface area contributed by atoms with Crippen molar-refractivity contribution in [2.45, 2.75) is 18.8 Å². The number of benzene rings is 1. The molecule has 4 nitrogen and oxygen atoms in total. The molecule has 88 valence electrons. The molecular formula is C12H12ClN3O. The van der Waals surface area contributed by atoms with E-state index < -0.39 is 0 Å². The van der Waals surface area contributed by atoms with Crippen LogP contribution in [0.1, 0.15) is 24.6 Å². The van der Waals surface area contributed by atoms with Crippen molar-refractivity contribution in [3.8, 4) is 17.1 Å². The Balaban J connectivity index is 2.03. The number of hydrogen-bond acceptors (Lipinski definition) is 3. The molecule has 0 saturated heterocycles. The Morgan fingerprint density at radius 3 is 2.94 bits per heavy atom. The Labute approximate surface area is 104 Å². The van der Waals surface area contributed by atoms with Crippen LogP contribution < -0.4 is 4.74 Å². The first-order chi connectivity index (χ1) is 8.28. The second kappa shape index (κ2) is 4.04. The average molecular weight is 250 g/mol. The second-order valence-electron chi connectivity index (χ2n) is 4.16. The van der Waals surface area contributed by atoms with Gasteiger partial charge in [-0.05, 0) is 31.0 Å². The van der Waals surface area contributed by atoms with Gasteiger partial charge in [-0.1, -0.05) is 11.6 Å². The lowest BCUT2D eigenvalue weighted by atomic mass is 10.2. The summed E-state index contributed by atoms with van der Waals surface area (Å²) in [5.74, 6) is 2.89. The number of H-pyrrole nitrogens is 1. The summed E-state index contributed by atoms with van der Waals surface area (Å²) in [5.41, 5.74) is 0.822. The first-order valence-electron chi connectivity index (χ1n) is 5.54. The highest BCUT2D eigenvalue weighted by Crippen LogP contribution is 2.39. The number of nitrogens with one attached hydrogen (secondary N) is 1. The van der Waals surface area contributed by atoms with E-state index in [0.29, 0.717) is 16.8 Å². The third-order valence-corrected chi connectivity index (χ3v) is 3.10. The van der Waals surface area contributed by atoms with Gasteiger partial charge in [-0.2, -0.15) is 5.10 Å². The van der Waals surface area contributed by atoms with Gasteiger partial charge in [-0.3, -0.25) is 5.10 Å². The van der Waals surface area contributed by atoms with Crippen molar-refractivity contribution in [1.82, 2.24) is 15.2 Å². The summed E-state index contributed by atoms with van der Waals surface area (Å²) in [7, 11) is 1.63. The maximum Gasteiger partial charge on any atom is 0.184 e. The molecule has 0 unspecified atom stereocenters. The first-order valence-corrected chi connectivity index (χ1v) is 5.92. The molecular weight excluding hydrogens is 238 g/mol. The van der Waals surface area contributed by atoms with Crippen LogP contribution in [-0.2, 0) is 0 Å². The Morgan fingerprint density at radius 1 is 1.41 bits per heavy atom. The number of aromatic amines is 1. The van der Waals surface area contributed by atoms with Gasteiger partial charge in [0.1, 0.15) is 11.6 Å². The van der Waals surface area contributed by atoms with Crippen molar-refractivity contribution in [1.29, 1.82) is 0 Å². The molecule has 3 rings (SSSR count). The van der Waals surface area contributed by atoms with Crippen LogP contribution >= 0.6 is 11.6 Å². The summed E-state index contributed by atoms with van der Waals surface area (Å²) >= 11 is 5.98. The van der Waals surface area contributed by atoms with E-state index in [9.17, 15) is 0 Å². The van der Waals surface area contributed by atoms with Gasteiger partial charge in [0.2, 0.25) is 0 Å². The number of hydrogen-bond donors (Lipinski definition) is 1. The maximum absolute atomic E-state index is 5.98. The molecule has 0 amide bonds. The molecule has 1 aromatic heterocycles. The molecule has 1 fully saturated rings. The van der Waals surface area contributed by atoms with Crippen molar-refractivity contribution in [2.24, 2.45) is 0 Å². The van der Waals surface area contributed by atoms with Crippen LogP contribution in [-0.4, -0.2) is 22.3 Å². The van der Waals surface area contributed by atoms with E-state index in [0.717, 1.165) is 17.1 Å². The third kappa shape index (κ3) is 2.00. The molecule has 0 bridgehead atoms. The van der Waals surface area contributed by atoms with Gasteiger partial charge in [0, 0.05) is 10.9 Å². The molecule has 1 aliphatic carbocycles. The van der Waals surface area contributed by atoms with Crippen molar-refractivity contribution < 1.29 is 4.74 Å². The zero-order valence-corrected chi connectivity index (χ0v) is 10.2. The highest BCUT2D eigenvalue weighted by Gasteiger charge is 2.27. The van der Waals surface area contributed by atoms with Crippen LogP contribution in [0.5, 0.6) is 5.75 Å². The van der Waals surface area contributed by atoms with E-state index in [1.54, 1.807) is 13.2 Å². The molecule has 1 N–H and O–H groups in total. The van der Waals surface area contributed by atoms with Crippen molar-refractivity contribution >= 4 is 11.6 Å². The lowest BCUT2D eigenvalue weighted by Gasteiger charge is -2.05. The summed E-state index contributed by atoms with van der Waals surface area (Å²) in [6.45, 7) is 0. The van der Waals surface area contributed by atoms with Crippen LogP contribution in [0.15, 0.2) is 18.2 Å². The molecule has 2 aromatic rings. The summed E-state index contributed by atoms with van der Waals surface area (Å²) in [4.78, 5) is 4.49. The zero-order chi connectivity index (χ0) is 11.8. The molecule has 0 aliphatic heterocycles. The topological polar surface area (TPSA) is 50.8 Å². The van der Waals surface area contributed by atoms with Gasteiger partial charge < -0.3 is 4.74 Å². The van der Waals surface area contributed by atoms with E-state index in [2.05, 4.69) is 15.2 Å². The Morgan fingerprint density at radius 2 is 2.24 bits per heavy atom. The second-order valence-corrected chi connectivity index (χ2v) is 4.60. The number of nitrogens with zero attached hydrogens (tertiary/aromatic N) is 2. The van der Waals surface area contributed by atoms with Crippen molar-refractivity contribution in [3.63, 3.8) is 0 Å². The fraction of sp³-hybridized carbons (Fsp3) is 0.333. The Bertz CT molecular complexity index is 548. The Hall–Kier alpha value is -1.55. The van der Waals surface area contributed by atoms with Crippen LogP contribution in [0.2, 0.25) is 5.02 Å². The fourth-order valence-corrected chi connectivity index (χ4v) is 1.96. The van der Waals surface area contributed by atoms with E-state index in [4.69, 9.17) is 16.3 Å². The predicted octanol–water partition coefficient (Wildman–Crippen LogP) is 3.01. The van der Waals surface area contributed by atoms with Crippen LogP contribution in [0.3, 0.4) is 0 Å². The van der Waals surface area contributed by atoms with E-state index in [1.807, 2.05) is 12.1 Å². The lowest BCUT2D eigenvalue weighted by molar-refractivity contribution is 0.416. The molecule has 1 aliphatic rings. The predicted molar refractivity (Wildman–Crippen MR) is 65.4 cm³/mol. The van der Waals surface area contributed by atoms with Gasteiger partial charge in [-0.25, -0.2) is 4.98 Å². The lowest BCUT2D eigenvalue weighted by Crippen LogP contribution is -1.89. The molecule has 1 heterocycles. The summed E-state index contributed by atoms with van der Waals surface area (Å²) < 4.78 is 5.29. The summed E-state index contributed by atoms with van der Waals surface area (Å²) in [5, 5.41) is 7.85. The monoisotopic (exact) mass is 249 g/mol. The van der Waals surface area contributed by atoms with Crippen LogP contribution in [0.25, 0.3) is 11.4 Å². The molecule has 0 radical (unpaired) electrons. The summed E-state index contributed by atoms with van der Waals surface area (Å²) in [6.07, 6.45) is 2.39. The number of rotatable bonds is 3. The molecule has 17 heavy (non-hydrogen) atoms. The van der Waals surface area contributed by atoms with Gasteiger partial charge >= 0.3 is 0 Å². The number of halogens is 1. The number of ether oxygens (including phenoxy) is 1. The Kier molecular flexibility index (Phi) is 2.52. The average Bonchev–Trinajstić information content (AvgIpc) is 3.07. The standard InChI is InChI=1S/C12H12ClN3O/c1-17-10-5-4-8(13)6-9(10)12-14-11(15-16-12)7-2-3-7/h4-7H,2-3H2,1H3,(H,14,15,16). The highest BCUT2D eigenvalue weighted by atomic mass is 35.5. The minimum Gasteiger partial charge on any atom is -0.496 e. The van der Waals surface area contributed by atoms with Gasteiger partial charge in [0.25, 0.3) is 0 Å². The van der Waals surface area contributed by atoms with Crippen LogP contribution in [0.4, 0.5) is 0 Å². The first kappa shape index (κ1) is 10.6. The van der Waals surface area contributed by atoms with E-state index >= 15 is 0 Å². The molecule has 1 aromatic carbocycles. The van der Waals surface area contributed by atoms with Crippen molar-refractivity contribution in [3.05, 3.63) is 29.0 Å². The third-order valence-electron chi connectivity index (χ3n) is 2.87. The molecule has 1 saturated carbocycles. The van der Waals surface area contributed by atoms with Gasteiger partial charge in [0.05, 0.1) is 12.7 Å². The normalized spacial score (nSPS) is 14.9. The van der Waals surface area contributed by atoms with Crippen molar-refractivity contribution in [2.75, 3.05) is 7.11 Å². The zero-order valence-electron chi connectivity index (χ0n) is 9.40. The highest BCUT2D eigenvalue weighted by molar-refractivity contribution is 6.30. The fourth-order valence-electron chi connectivity index (χ4n) is 1.79. The van der Waals surface area contributed by atoms with Crippen LogP contribution in [0, 0.1) is 0 Å². The molecule has 5 heteroatoms. The SMILES string of the molecule is COc1ccc(Cl)cc1-c1n[nH]c(C2CC2)n1.